The number of methoxy groups -OCH3 is 1. The highest BCUT2D eigenvalue weighted by Gasteiger charge is 2.23. The number of halogens is 1. The van der Waals surface area contributed by atoms with Crippen molar-refractivity contribution in [3.8, 4) is 22.6 Å². The number of rotatable bonds is 8. The fraction of sp³-hybridized carbons (Fsp3) is 0.214. The van der Waals surface area contributed by atoms with E-state index in [0.29, 0.717) is 28.7 Å². The summed E-state index contributed by atoms with van der Waals surface area (Å²) in [4.78, 5) is 22.1. The van der Waals surface area contributed by atoms with Crippen LogP contribution in [0.4, 0.5) is 21.6 Å². The van der Waals surface area contributed by atoms with Crippen LogP contribution in [0.3, 0.4) is 0 Å². The molecule has 3 heterocycles. The van der Waals surface area contributed by atoms with Gasteiger partial charge < -0.3 is 30.0 Å². The Morgan fingerprint density at radius 3 is 2.84 bits per heavy atom. The third-order valence-electron chi connectivity index (χ3n) is 6.35. The zero-order valence-electron chi connectivity index (χ0n) is 20.7. The van der Waals surface area contributed by atoms with Crippen LogP contribution >= 0.6 is 0 Å². The van der Waals surface area contributed by atoms with Crippen LogP contribution in [0.2, 0.25) is 0 Å². The topological polar surface area (TPSA) is 91.5 Å². The molecule has 0 saturated carbocycles. The molecule has 1 unspecified atom stereocenters. The Bertz CT molecular complexity index is 1470. The van der Waals surface area contributed by atoms with Crippen molar-refractivity contribution in [1.82, 2.24) is 14.9 Å². The summed E-state index contributed by atoms with van der Waals surface area (Å²) >= 11 is 0. The van der Waals surface area contributed by atoms with Crippen LogP contribution < -0.4 is 20.1 Å². The van der Waals surface area contributed by atoms with Gasteiger partial charge in [-0.25, -0.2) is 9.37 Å². The third kappa shape index (κ3) is 5.26. The summed E-state index contributed by atoms with van der Waals surface area (Å²) in [6.45, 7) is 5.29. The first-order chi connectivity index (χ1) is 17.9. The van der Waals surface area contributed by atoms with Gasteiger partial charge in [0.1, 0.15) is 29.2 Å². The van der Waals surface area contributed by atoms with Crippen molar-refractivity contribution in [1.29, 1.82) is 0 Å². The molecule has 0 aliphatic carbocycles. The molecule has 190 valence electrons. The summed E-state index contributed by atoms with van der Waals surface area (Å²) in [6, 6.07) is 11.8. The van der Waals surface area contributed by atoms with E-state index < -0.39 is 0 Å². The smallest absolute Gasteiger partial charge is 0.247 e. The summed E-state index contributed by atoms with van der Waals surface area (Å²) in [6.07, 6.45) is 5.65. The number of fused-ring (bicyclic) bond motifs is 1. The van der Waals surface area contributed by atoms with Crippen LogP contribution in [0, 0.1) is 5.82 Å². The van der Waals surface area contributed by atoms with Crippen molar-refractivity contribution in [3.05, 3.63) is 73.3 Å². The molecule has 8 nitrogen and oxygen atoms in total. The highest BCUT2D eigenvalue weighted by molar-refractivity contribution is 6.01. The van der Waals surface area contributed by atoms with Gasteiger partial charge in [0.05, 0.1) is 30.2 Å². The molecule has 1 aliphatic rings. The molecular formula is C28H28FN5O3. The molecule has 9 heteroatoms. The monoisotopic (exact) mass is 501 g/mol. The number of hydrogen-bond donors (Lipinski definition) is 3. The number of aromatic nitrogens is 2. The molecule has 37 heavy (non-hydrogen) atoms. The number of aromatic amines is 1. The molecule has 0 radical (unpaired) electrons. The number of ether oxygens (including phenoxy) is 2. The Morgan fingerprint density at radius 1 is 1.24 bits per heavy atom. The number of carbonyl (C=O) groups excluding carboxylic acids is 1. The predicted molar refractivity (Wildman–Crippen MR) is 143 cm³/mol. The van der Waals surface area contributed by atoms with Crippen molar-refractivity contribution in [3.63, 3.8) is 0 Å². The molecule has 1 amide bonds. The number of nitrogens with one attached hydrogen (secondary N) is 3. The van der Waals surface area contributed by atoms with Crippen molar-refractivity contribution in [2.75, 3.05) is 37.9 Å². The first-order valence-electron chi connectivity index (χ1n) is 11.9. The molecule has 4 aromatic rings. The lowest BCUT2D eigenvalue weighted by Crippen LogP contribution is -2.22. The summed E-state index contributed by atoms with van der Waals surface area (Å²) in [7, 11) is 3.62. The number of nitrogens with zero attached hydrogens (tertiary/aromatic N) is 2. The number of amides is 1. The number of likely N-dealkylation sites (tertiary alicyclic amines) is 1. The van der Waals surface area contributed by atoms with Gasteiger partial charge in [-0.05, 0) is 49.4 Å². The molecule has 3 N–H and O–H groups in total. The molecule has 2 aromatic carbocycles. The Balaban J connectivity index is 1.50. The van der Waals surface area contributed by atoms with E-state index in [2.05, 4.69) is 32.1 Å². The molecule has 1 atom stereocenters. The molecular weight excluding hydrogens is 473 g/mol. The summed E-state index contributed by atoms with van der Waals surface area (Å²) in [5.74, 6) is 0.940. The SMILES string of the molecule is C=CC(=O)Nc1cc(Nc2cc3c(-c4cccc(F)c4)c[nH]c3cn2)c(OC)cc1OC1CCN(C)C1. The van der Waals surface area contributed by atoms with Gasteiger partial charge in [0.2, 0.25) is 5.91 Å². The first-order valence-corrected chi connectivity index (χ1v) is 11.9. The van der Waals surface area contributed by atoms with Gasteiger partial charge in [0, 0.05) is 36.3 Å². The molecule has 1 saturated heterocycles. The van der Waals surface area contributed by atoms with Gasteiger partial charge in [0.25, 0.3) is 0 Å². The molecule has 1 aliphatic heterocycles. The van der Waals surface area contributed by atoms with Gasteiger partial charge in [0.15, 0.2) is 0 Å². The summed E-state index contributed by atoms with van der Waals surface area (Å²) in [5, 5.41) is 7.00. The number of carbonyl (C=O) groups is 1. The average molecular weight is 502 g/mol. The second kappa shape index (κ2) is 10.3. The number of pyridine rings is 1. The zero-order chi connectivity index (χ0) is 25.9. The maximum atomic E-state index is 13.8. The minimum atomic E-state index is -0.351. The second-order valence-corrected chi connectivity index (χ2v) is 8.99. The van der Waals surface area contributed by atoms with E-state index in [1.807, 2.05) is 25.4 Å². The Morgan fingerprint density at radius 2 is 2.11 bits per heavy atom. The van der Waals surface area contributed by atoms with E-state index in [1.54, 1.807) is 31.5 Å². The lowest BCUT2D eigenvalue weighted by molar-refractivity contribution is -0.111. The number of likely N-dealkylation sites (N-methyl/N-ethyl adjacent to an activating group) is 1. The zero-order valence-corrected chi connectivity index (χ0v) is 20.7. The van der Waals surface area contributed by atoms with E-state index in [0.717, 1.165) is 41.5 Å². The van der Waals surface area contributed by atoms with Gasteiger partial charge in [-0.15, -0.1) is 0 Å². The summed E-state index contributed by atoms with van der Waals surface area (Å²) < 4.78 is 25.7. The molecule has 0 bridgehead atoms. The minimum Gasteiger partial charge on any atom is -0.494 e. The van der Waals surface area contributed by atoms with Gasteiger partial charge in [-0.3, -0.25) is 4.79 Å². The van der Waals surface area contributed by atoms with Gasteiger partial charge in [-0.1, -0.05) is 18.7 Å². The Labute approximate surface area is 214 Å². The van der Waals surface area contributed by atoms with Crippen LogP contribution in [-0.2, 0) is 4.79 Å². The highest BCUT2D eigenvalue weighted by Crippen LogP contribution is 2.39. The molecule has 1 fully saturated rings. The maximum absolute atomic E-state index is 13.8. The lowest BCUT2D eigenvalue weighted by Gasteiger charge is -2.20. The van der Waals surface area contributed by atoms with Crippen LogP contribution in [0.15, 0.2) is 67.5 Å². The lowest BCUT2D eigenvalue weighted by atomic mass is 10.1. The van der Waals surface area contributed by atoms with Crippen molar-refractivity contribution < 1.29 is 18.7 Å². The number of H-pyrrole nitrogens is 1. The number of hydrogen-bond acceptors (Lipinski definition) is 6. The van der Waals surface area contributed by atoms with E-state index in [1.165, 1.54) is 18.2 Å². The molecule has 2 aromatic heterocycles. The quantitative estimate of drug-likeness (QED) is 0.283. The van der Waals surface area contributed by atoms with Crippen LogP contribution in [0.25, 0.3) is 22.0 Å². The van der Waals surface area contributed by atoms with Crippen molar-refractivity contribution in [2.24, 2.45) is 0 Å². The van der Waals surface area contributed by atoms with E-state index in [9.17, 15) is 9.18 Å². The number of anilines is 3. The number of benzene rings is 2. The van der Waals surface area contributed by atoms with Crippen LogP contribution in [-0.4, -0.2) is 54.1 Å². The Hall–Kier alpha value is -4.37. The standard InChI is InChI=1S/C28H28FN5O3/c1-4-28(35)33-23-12-22(25(36-3)13-26(23)37-19-8-9-34(2)16-19)32-27-11-20-21(14-30-24(20)15-31-27)17-6-5-7-18(29)10-17/h4-7,10-15,19,30H,1,8-9,16H2,2-3H3,(H,31,32)(H,33,35). The molecule has 5 rings (SSSR count). The molecule has 0 spiro atoms. The third-order valence-corrected chi connectivity index (χ3v) is 6.35. The van der Waals surface area contributed by atoms with Gasteiger partial charge >= 0.3 is 0 Å². The fourth-order valence-corrected chi connectivity index (χ4v) is 4.50. The second-order valence-electron chi connectivity index (χ2n) is 8.99. The predicted octanol–water partition coefficient (Wildman–Crippen LogP) is 5.33. The van der Waals surface area contributed by atoms with E-state index in [4.69, 9.17) is 9.47 Å². The highest BCUT2D eigenvalue weighted by atomic mass is 19.1. The largest absolute Gasteiger partial charge is 0.494 e. The first kappa shape index (κ1) is 24.3. The van der Waals surface area contributed by atoms with Crippen LogP contribution in [0.5, 0.6) is 11.5 Å². The Kier molecular flexibility index (Phi) is 6.78. The van der Waals surface area contributed by atoms with E-state index >= 15 is 0 Å². The van der Waals surface area contributed by atoms with Gasteiger partial charge in [-0.2, -0.15) is 0 Å². The summed E-state index contributed by atoms with van der Waals surface area (Å²) in [5.41, 5.74) is 3.52. The maximum Gasteiger partial charge on any atom is 0.247 e. The van der Waals surface area contributed by atoms with Crippen molar-refractivity contribution >= 4 is 34.0 Å². The normalized spacial score (nSPS) is 15.5. The minimum absolute atomic E-state index is 0.00630. The average Bonchev–Trinajstić information content (AvgIpc) is 3.50. The van der Waals surface area contributed by atoms with Crippen molar-refractivity contribution in [2.45, 2.75) is 12.5 Å². The van der Waals surface area contributed by atoms with E-state index in [-0.39, 0.29) is 17.8 Å². The van der Waals surface area contributed by atoms with Crippen LogP contribution in [0.1, 0.15) is 6.42 Å². The fourth-order valence-electron chi connectivity index (χ4n) is 4.50.